The van der Waals surface area contributed by atoms with E-state index in [-0.39, 0.29) is 27.5 Å². The maximum atomic E-state index is 13.1. The van der Waals surface area contributed by atoms with Crippen LogP contribution >= 0.6 is 11.8 Å². The number of amides is 1. The molecule has 7 nitrogen and oxygen atoms in total. The number of nitrogens with zero attached hydrogens (tertiary/aromatic N) is 3. The zero-order chi connectivity index (χ0) is 26.7. The summed E-state index contributed by atoms with van der Waals surface area (Å²) in [5, 5.41) is 21.9. The Labute approximate surface area is 213 Å². The van der Waals surface area contributed by atoms with E-state index in [4.69, 9.17) is 0 Å². The molecule has 2 heterocycles. The SMILES string of the molecule is Cc1cc(C(F)(F)F)nc(SCC(=O)Nc2ccc(-c3cc(C(=O)O)c4ccccc4n3)cc2)c1C#N. The van der Waals surface area contributed by atoms with E-state index in [0.29, 0.717) is 27.8 Å². The van der Waals surface area contributed by atoms with Gasteiger partial charge in [-0.05, 0) is 42.8 Å². The van der Waals surface area contributed by atoms with Gasteiger partial charge in [-0.15, -0.1) is 0 Å². The number of nitriles is 1. The molecule has 0 spiro atoms. The molecule has 2 aromatic heterocycles. The van der Waals surface area contributed by atoms with Crippen LogP contribution in [0, 0.1) is 18.3 Å². The second-order valence-electron chi connectivity index (χ2n) is 7.91. The number of aromatic nitrogens is 2. The highest BCUT2D eigenvalue weighted by atomic mass is 32.2. The van der Waals surface area contributed by atoms with Crippen molar-refractivity contribution < 1.29 is 27.9 Å². The van der Waals surface area contributed by atoms with E-state index in [9.17, 15) is 33.1 Å². The number of thioether (sulfide) groups is 1. The van der Waals surface area contributed by atoms with E-state index in [2.05, 4.69) is 15.3 Å². The minimum atomic E-state index is -4.68. The van der Waals surface area contributed by atoms with Crippen LogP contribution in [0.15, 0.2) is 65.7 Å². The molecule has 0 radical (unpaired) electrons. The highest BCUT2D eigenvalue weighted by Crippen LogP contribution is 2.33. The number of alkyl halides is 3. The molecule has 2 aromatic carbocycles. The van der Waals surface area contributed by atoms with E-state index in [1.165, 1.54) is 13.0 Å². The zero-order valence-corrected chi connectivity index (χ0v) is 19.9. The molecule has 0 bridgehead atoms. The third-order valence-electron chi connectivity index (χ3n) is 5.34. The fourth-order valence-electron chi connectivity index (χ4n) is 3.58. The Morgan fingerprint density at radius 3 is 2.43 bits per heavy atom. The number of anilines is 1. The van der Waals surface area contributed by atoms with Crippen LogP contribution in [-0.2, 0) is 11.0 Å². The number of aromatic carboxylic acids is 1. The number of rotatable bonds is 6. The number of nitrogens with one attached hydrogen (secondary N) is 1. The molecule has 0 aliphatic carbocycles. The van der Waals surface area contributed by atoms with Gasteiger partial charge in [-0.25, -0.2) is 14.8 Å². The van der Waals surface area contributed by atoms with Crippen molar-refractivity contribution in [1.82, 2.24) is 9.97 Å². The van der Waals surface area contributed by atoms with Crippen LogP contribution in [0.4, 0.5) is 18.9 Å². The minimum absolute atomic E-state index is 0.0150. The van der Waals surface area contributed by atoms with Gasteiger partial charge in [0, 0.05) is 16.6 Å². The number of para-hydroxylation sites is 1. The van der Waals surface area contributed by atoms with Gasteiger partial charge in [-0.2, -0.15) is 18.4 Å². The third-order valence-corrected chi connectivity index (χ3v) is 6.31. The summed E-state index contributed by atoms with van der Waals surface area (Å²) in [7, 11) is 0. The van der Waals surface area contributed by atoms with Gasteiger partial charge in [-0.1, -0.05) is 42.1 Å². The van der Waals surface area contributed by atoms with Gasteiger partial charge in [0.1, 0.15) is 16.8 Å². The molecule has 0 aliphatic heterocycles. The Balaban J connectivity index is 1.49. The van der Waals surface area contributed by atoms with E-state index in [1.54, 1.807) is 48.5 Å². The molecule has 2 N–H and O–H groups in total. The smallest absolute Gasteiger partial charge is 0.433 e. The van der Waals surface area contributed by atoms with Crippen molar-refractivity contribution in [2.75, 3.05) is 11.1 Å². The lowest BCUT2D eigenvalue weighted by molar-refractivity contribution is -0.141. The van der Waals surface area contributed by atoms with Crippen LogP contribution < -0.4 is 5.32 Å². The number of carboxylic acids is 1. The molecular formula is C26H17F3N4O3S. The fourth-order valence-corrected chi connectivity index (χ4v) is 4.44. The van der Waals surface area contributed by atoms with Crippen LogP contribution in [-0.4, -0.2) is 32.7 Å². The number of carboxylic acid groups (broad SMARTS) is 1. The molecule has 0 saturated carbocycles. The normalized spacial score (nSPS) is 11.2. The second kappa shape index (κ2) is 10.3. The molecule has 0 fully saturated rings. The summed E-state index contributed by atoms with van der Waals surface area (Å²) >= 11 is 0.738. The molecule has 0 aliphatic rings. The van der Waals surface area contributed by atoms with Gasteiger partial charge in [0.05, 0.1) is 28.1 Å². The number of fused-ring (bicyclic) bond motifs is 1. The van der Waals surface area contributed by atoms with Gasteiger partial charge < -0.3 is 10.4 Å². The van der Waals surface area contributed by atoms with Crippen molar-refractivity contribution >= 4 is 40.2 Å². The van der Waals surface area contributed by atoms with Crippen molar-refractivity contribution in [1.29, 1.82) is 5.26 Å². The molecule has 11 heteroatoms. The maximum absolute atomic E-state index is 13.1. The number of benzene rings is 2. The first kappa shape index (κ1) is 25.7. The molecule has 0 atom stereocenters. The van der Waals surface area contributed by atoms with Crippen molar-refractivity contribution in [3.63, 3.8) is 0 Å². The number of hydrogen-bond acceptors (Lipinski definition) is 6. The van der Waals surface area contributed by atoms with Crippen molar-refractivity contribution in [2.24, 2.45) is 0 Å². The zero-order valence-electron chi connectivity index (χ0n) is 19.1. The number of aryl methyl sites for hydroxylation is 1. The highest BCUT2D eigenvalue weighted by Gasteiger charge is 2.34. The van der Waals surface area contributed by atoms with Gasteiger partial charge in [0.15, 0.2) is 0 Å². The average Bonchev–Trinajstić information content (AvgIpc) is 2.86. The summed E-state index contributed by atoms with van der Waals surface area (Å²) in [6.45, 7) is 1.38. The summed E-state index contributed by atoms with van der Waals surface area (Å²) in [6.07, 6.45) is -4.68. The van der Waals surface area contributed by atoms with E-state index in [0.717, 1.165) is 17.8 Å². The van der Waals surface area contributed by atoms with Crippen LogP contribution in [0.5, 0.6) is 0 Å². The second-order valence-corrected chi connectivity index (χ2v) is 8.87. The predicted octanol–water partition coefficient (Wildman–Crippen LogP) is 5.92. The number of carbonyl (C=O) groups is 2. The lowest BCUT2D eigenvalue weighted by atomic mass is 10.0. The Morgan fingerprint density at radius 1 is 1.08 bits per heavy atom. The van der Waals surface area contributed by atoms with E-state index >= 15 is 0 Å². The minimum Gasteiger partial charge on any atom is -0.478 e. The van der Waals surface area contributed by atoms with E-state index in [1.807, 2.05) is 6.07 Å². The Morgan fingerprint density at radius 2 is 1.78 bits per heavy atom. The average molecular weight is 523 g/mol. The molecule has 4 aromatic rings. The lowest BCUT2D eigenvalue weighted by Crippen LogP contribution is -2.15. The third kappa shape index (κ3) is 5.70. The van der Waals surface area contributed by atoms with Gasteiger partial charge in [-0.3, -0.25) is 4.79 Å². The summed E-state index contributed by atoms with van der Waals surface area (Å²) < 4.78 is 39.3. The number of hydrogen-bond donors (Lipinski definition) is 2. The Bertz CT molecular complexity index is 1560. The monoisotopic (exact) mass is 522 g/mol. The van der Waals surface area contributed by atoms with Crippen molar-refractivity contribution in [2.45, 2.75) is 18.1 Å². The molecule has 4 rings (SSSR count). The maximum Gasteiger partial charge on any atom is 0.433 e. The fraction of sp³-hybridized carbons (Fsp3) is 0.115. The molecular weight excluding hydrogens is 505 g/mol. The molecule has 186 valence electrons. The van der Waals surface area contributed by atoms with Crippen LogP contribution in [0.2, 0.25) is 0 Å². The quantitative estimate of drug-likeness (QED) is 0.302. The summed E-state index contributed by atoms with van der Waals surface area (Å²) in [5.41, 5.74) is 1.11. The van der Waals surface area contributed by atoms with Gasteiger partial charge >= 0.3 is 12.1 Å². The standard InChI is InChI=1S/C26H17F3N4O3S/c1-14-10-22(26(27,28)29)33-24(19(14)12-30)37-13-23(34)31-16-8-6-15(7-9-16)21-11-18(25(35)36)17-4-2-3-5-20(17)32-21/h2-11H,13H2,1H3,(H,31,34)(H,35,36). The number of halogens is 3. The van der Waals surface area contributed by atoms with Crippen LogP contribution in [0.3, 0.4) is 0 Å². The molecule has 1 amide bonds. The molecule has 37 heavy (non-hydrogen) atoms. The van der Waals surface area contributed by atoms with Crippen molar-refractivity contribution in [3.8, 4) is 17.3 Å². The Hall–Kier alpha value is -4.43. The number of pyridine rings is 2. The first-order chi connectivity index (χ1) is 17.6. The van der Waals surface area contributed by atoms with Crippen LogP contribution in [0.1, 0.15) is 27.2 Å². The van der Waals surface area contributed by atoms with Gasteiger partial charge in [0.25, 0.3) is 0 Å². The van der Waals surface area contributed by atoms with Crippen molar-refractivity contribution in [3.05, 3.63) is 83.0 Å². The molecule has 0 unspecified atom stereocenters. The first-order valence-electron chi connectivity index (χ1n) is 10.7. The van der Waals surface area contributed by atoms with Crippen LogP contribution in [0.25, 0.3) is 22.2 Å². The molecule has 0 saturated heterocycles. The van der Waals surface area contributed by atoms with E-state index < -0.39 is 23.7 Å². The Kier molecular flexibility index (Phi) is 7.13. The summed E-state index contributed by atoms with van der Waals surface area (Å²) in [6, 6.07) is 17.5. The summed E-state index contributed by atoms with van der Waals surface area (Å²) in [5.74, 6) is -1.85. The summed E-state index contributed by atoms with van der Waals surface area (Å²) in [4.78, 5) is 32.2. The highest BCUT2D eigenvalue weighted by molar-refractivity contribution is 8.00. The largest absolute Gasteiger partial charge is 0.478 e. The first-order valence-corrected chi connectivity index (χ1v) is 11.7. The number of carbonyl (C=O) groups excluding carboxylic acids is 1. The van der Waals surface area contributed by atoms with Gasteiger partial charge in [0.2, 0.25) is 5.91 Å². The predicted molar refractivity (Wildman–Crippen MR) is 132 cm³/mol. The topological polar surface area (TPSA) is 116 Å². The lowest BCUT2D eigenvalue weighted by Gasteiger charge is -2.12.